The van der Waals surface area contributed by atoms with Crippen molar-refractivity contribution < 1.29 is 39.6 Å². The van der Waals surface area contributed by atoms with Gasteiger partial charge in [-0.3, -0.25) is 0 Å². The second-order valence-corrected chi connectivity index (χ2v) is 35.7. The Morgan fingerprint density at radius 1 is 0.280 bits per heavy atom. The van der Waals surface area contributed by atoms with Gasteiger partial charge in [-0.2, -0.15) is 0 Å². The zero-order chi connectivity index (χ0) is 92.8. The molecule has 0 unspecified atom stereocenters. The highest BCUT2D eigenvalue weighted by atomic mass is 32.1. The van der Waals surface area contributed by atoms with E-state index in [4.69, 9.17) is 60.3 Å². The molecule has 0 bridgehead atoms. The van der Waals surface area contributed by atoms with E-state index >= 15 is 0 Å². The Kier molecular flexibility index (Phi) is 33.9. The van der Waals surface area contributed by atoms with Crippen molar-refractivity contribution in [2.24, 2.45) is 0 Å². The van der Waals surface area contributed by atoms with Gasteiger partial charge in [-0.05, 0) is 272 Å². The van der Waals surface area contributed by atoms with Gasteiger partial charge in [-0.25, -0.2) is 59.0 Å². The number of allylic oxidation sites excluding steroid dienone is 2. The summed E-state index contributed by atoms with van der Waals surface area (Å²) >= 11 is 6.91. The molecule has 24 heteroatoms. The molecule has 0 spiro atoms. The van der Waals surface area contributed by atoms with Gasteiger partial charge >= 0.3 is 23.9 Å². The number of carboxylic acids is 4. The van der Waals surface area contributed by atoms with E-state index in [0.717, 1.165) is 188 Å². The number of nitrogens with one attached hydrogen (secondary N) is 4. The van der Waals surface area contributed by atoms with E-state index in [2.05, 4.69) is 208 Å². The van der Waals surface area contributed by atoms with Crippen LogP contribution in [0.3, 0.4) is 0 Å². The third-order valence-corrected chi connectivity index (χ3v) is 26.4. The predicted octanol–water partition coefficient (Wildman–Crippen LogP) is 26.1. The van der Waals surface area contributed by atoms with Gasteiger partial charge in [-0.1, -0.05) is 161 Å². The second kappa shape index (κ2) is 47.1. The molecule has 20 nitrogen and oxygen atoms in total. The molecule has 0 amide bonds. The fourth-order valence-corrected chi connectivity index (χ4v) is 18.5. The van der Waals surface area contributed by atoms with Crippen LogP contribution in [-0.2, 0) is 89.9 Å². The number of aromatic nitrogens is 8. The van der Waals surface area contributed by atoms with Gasteiger partial charge in [0.15, 0.2) is 23.3 Å². The Labute approximate surface area is 785 Å². The number of carboxylic acid groups (broad SMARTS) is 4. The summed E-state index contributed by atoms with van der Waals surface area (Å²) in [6.07, 6.45) is 16.1. The van der Waals surface area contributed by atoms with Crippen LogP contribution in [0.5, 0.6) is 0 Å². The number of nitrogens with zero attached hydrogens (tertiary/aromatic N) is 8. The SMILES string of the molecule is C=CCc1c(C)nc(-c2ccc(CCc3ccccc3)s2)nc1Nc1ccc(C(=O)O)cc1.C=CCc1c(CC)nc(-c2ccc(CCc3ccccc3)s2)nc1Nc1ccc(C(=O)O)cc1.CCc1c(C)nc(-c2ccc(CCc3ccccc3)s2)nc1Nc1ccc(C(=O)O)cc1.CCc1nc(-c2ccc(CCc3ccccc3)s2)nc(Nc2ccc(C(=O)O)cc2)c1CC. The van der Waals surface area contributed by atoms with Crippen LogP contribution in [0.1, 0.15) is 156 Å². The number of thiophene rings is 4. The molecule has 0 atom stereocenters. The monoisotopic (exact) mass is 1820 g/mol. The van der Waals surface area contributed by atoms with Gasteiger partial charge in [-0.15, -0.1) is 58.5 Å². The molecular formula is C108H104N12O8S4. The van der Waals surface area contributed by atoms with Crippen molar-refractivity contribution in [2.75, 3.05) is 21.3 Å². The summed E-state index contributed by atoms with van der Waals surface area (Å²) in [7, 11) is 0. The molecule has 0 fully saturated rings. The molecule has 0 aliphatic heterocycles. The maximum atomic E-state index is 11.2. The van der Waals surface area contributed by atoms with Gasteiger partial charge in [0.2, 0.25) is 0 Å². The van der Waals surface area contributed by atoms with Crippen molar-refractivity contribution >= 4 is 115 Å². The first-order valence-electron chi connectivity index (χ1n) is 43.9. The molecular weight excluding hydrogens is 1720 g/mol. The molecule has 668 valence electrons. The quantitative estimate of drug-likeness (QED) is 0.0169. The van der Waals surface area contributed by atoms with Crippen molar-refractivity contribution in [3.63, 3.8) is 0 Å². The van der Waals surface area contributed by atoms with Crippen molar-refractivity contribution in [1.29, 1.82) is 0 Å². The van der Waals surface area contributed by atoms with E-state index in [1.165, 1.54) is 41.8 Å². The largest absolute Gasteiger partial charge is 0.478 e. The Balaban J connectivity index is 0.000000150. The first-order chi connectivity index (χ1) is 64.2. The van der Waals surface area contributed by atoms with Gasteiger partial charge in [0.25, 0.3) is 0 Å². The van der Waals surface area contributed by atoms with Crippen LogP contribution in [0, 0.1) is 13.8 Å². The van der Waals surface area contributed by atoms with Gasteiger partial charge in [0, 0.05) is 87.3 Å². The molecule has 8 aromatic heterocycles. The van der Waals surface area contributed by atoms with E-state index in [0.29, 0.717) is 36.1 Å². The van der Waals surface area contributed by atoms with Crippen LogP contribution in [-0.4, -0.2) is 84.2 Å². The summed E-state index contributed by atoms with van der Waals surface area (Å²) in [6, 6.07) is 85.7. The molecule has 0 saturated heterocycles. The normalized spacial score (nSPS) is 10.8. The van der Waals surface area contributed by atoms with Gasteiger partial charge in [0.05, 0.1) is 41.8 Å². The number of hydrogen-bond donors (Lipinski definition) is 8. The van der Waals surface area contributed by atoms with Crippen LogP contribution in [0.2, 0.25) is 0 Å². The maximum absolute atomic E-state index is 11.2. The van der Waals surface area contributed by atoms with Gasteiger partial charge < -0.3 is 41.7 Å². The lowest BCUT2D eigenvalue weighted by molar-refractivity contribution is 0.0686. The molecule has 0 aliphatic rings. The Morgan fingerprint density at radius 2 is 0.523 bits per heavy atom. The molecule has 0 aliphatic carbocycles. The first-order valence-corrected chi connectivity index (χ1v) is 47.2. The maximum Gasteiger partial charge on any atom is 0.335 e. The predicted molar refractivity (Wildman–Crippen MR) is 538 cm³/mol. The average Bonchev–Trinajstić information content (AvgIpc) is 1.76. The number of rotatable bonds is 36. The Morgan fingerprint density at radius 3 is 0.788 bits per heavy atom. The van der Waals surface area contributed by atoms with Crippen molar-refractivity contribution in [1.82, 2.24) is 39.9 Å². The number of anilines is 8. The van der Waals surface area contributed by atoms with Crippen LogP contribution >= 0.6 is 45.3 Å². The third-order valence-electron chi connectivity index (χ3n) is 21.8. The summed E-state index contributed by atoms with van der Waals surface area (Å²) in [6.45, 7) is 20.1. The Bertz CT molecular complexity index is 6590. The number of aromatic carboxylic acids is 4. The lowest BCUT2D eigenvalue weighted by atomic mass is 10.1. The second-order valence-electron chi connectivity index (χ2n) is 31.0. The number of carbonyl (C=O) groups is 4. The molecule has 8 heterocycles. The smallest absolute Gasteiger partial charge is 0.335 e. The van der Waals surface area contributed by atoms with Crippen LogP contribution < -0.4 is 21.3 Å². The fourth-order valence-electron chi connectivity index (χ4n) is 14.7. The zero-order valence-corrected chi connectivity index (χ0v) is 77.8. The summed E-state index contributed by atoms with van der Waals surface area (Å²) in [5.41, 5.74) is 17.4. The highest BCUT2D eigenvalue weighted by Gasteiger charge is 2.22. The molecule has 16 rings (SSSR count). The fraction of sp³-hybridized carbons (Fsp3) is 0.185. The highest BCUT2D eigenvalue weighted by molar-refractivity contribution is 7.16. The molecule has 16 aromatic rings. The zero-order valence-electron chi connectivity index (χ0n) is 74.5. The van der Waals surface area contributed by atoms with Crippen molar-refractivity contribution in [2.45, 2.75) is 131 Å². The molecule has 8 N–H and O–H groups in total. The van der Waals surface area contributed by atoms with Crippen LogP contribution in [0.4, 0.5) is 46.0 Å². The number of aryl methyl sites for hydroxylation is 12. The summed E-state index contributed by atoms with van der Waals surface area (Å²) in [5, 5.41) is 50.0. The first kappa shape index (κ1) is 95.0. The molecule has 0 saturated carbocycles. The summed E-state index contributed by atoms with van der Waals surface area (Å²) < 4.78 is 0. The minimum Gasteiger partial charge on any atom is -0.478 e. The van der Waals surface area contributed by atoms with E-state index in [9.17, 15) is 19.2 Å². The van der Waals surface area contributed by atoms with E-state index < -0.39 is 23.9 Å². The summed E-state index contributed by atoms with van der Waals surface area (Å²) in [4.78, 5) is 92.7. The minimum atomic E-state index is -0.949. The molecule has 132 heavy (non-hydrogen) atoms. The third kappa shape index (κ3) is 26.4. The average molecular weight is 1830 g/mol. The van der Waals surface area contributed by atoms with E-state index in [1.807, 2.05) is 50.3 Å². The summed E-state index contributed by atoms with van der Waals surface area (Å²) in [5.74, 6) is 2.02. The number of benzene rings is 8. The number of hydrogen-bond acceptors (Lipinski definition) is 20. The van der Waals surface area contributed by atoms with Crippen molar-refractivity contribution in [3.05, 3.63) is 401 Å². The van der Waals surface area contributed by atoms with Crippen LogP contribution in [0.15, 0.2) is 292 Å². The Hall–Kier alpha value is -14.6. The van der Waals surface area contributed by atoms with Gasteiger partial charge in [0.1, 0.15) is 23.3 Å². The van der Waals surface area contributed by atoms with Crippen molar-refractivity contribution in [3.8, 4) is 42.8 Å². The lowest BCUT2D eigenvalue weighted by Crippen LogP contribution is -2.07. The molecule has 0 radical (unpaired) electrons. The standard InChI is InChI=1S/C28H27N3O2S.C27H25N3O2S.C27H27N3O2S.C26H25N3O2S/c1-3-8-23-24(4-2)30-27(31-26(23)29-21-14-12-20(13-15-21)28(32)33)25-18-17-22(34-25)16-11-19-9-6-5-7-10-19;1-3-7-23-18(2)28-26(30-25(23)29-21-13-11-20(12-14-21)27(31)32)24-17-16-22(33-24)15-10-19-8-5-4-6-9-19;1-3-22-23(4-2)29-26(30-25(22)28-20-13-11-19(12-14-20)27(31)32)24-17-16-21(33-24)15-10-18-8-6-5-7-9-18;1-3-22-17(2)27-25(29-24(22)28-20-12-10-19(11-13-20)26(30)31)23-16-15-21(32-23)14-9-18-7-5-4-6-8-18/h3,5-7,9-10,12-15,17-18H,1,4,8,11,16H2,2H3,(H,32,33)(H,29,30,31);3-6,8-9,11-14,16-17H,1,7,10,15H2,2H3,(H,31,32)(H,28,29,30);5-9,11-14,16-17H,3-4,10,15H2,1-2H3,(H,31,32)(H,28,29,30);4-8,10-13,15-16H,3,9,14H2,1-2H3,(H,30,31)(H,27,28,29). The van der Waals surface area contributed by atoms with Crippen LogP contribution in [0.25, 0.3) is 42.8 Å². The highest BCUT2D eigenvalue weighted by Crippen LogP contribution is 2.37. The van der Waals surface area contributed by atoms with E-state index in [-0.39, 0.29) is 22.3 Å². The minimum absolute atomic E-state index is 0.244. The topological polar surface area (TPSA) is 300 Å². The molecule has 8 aromatic carbocycles. The lowest BCUT2D eigenvalue weighted by Gasteiger charge is -2.15. The van der Waals surface area contributed by atoms with E-state index in [1.54, 1.807) is 142 Å².